The molecular formula is C16H12F6N2O. The van der Waals surface area contributed by atoms with Crippen LogP contribution < -0.4 is 5.32 Å². The van der Waals surface area contributed by atoms with E-state index in [-0.39, 0.29) is 22.5 Å². The van der Waals surface area contributed by atoms with Crippen LogP contribution in [0.5, 0.6) is 0 Å². The van der Waals surface area contributed by atoms with Crippen molar-refractivity contribution in [2.75, 3.05) is 5.32 Å². The predicted octanol–water partition coefficient (Wildman–Crippen LogP) is 4.99. The van der Waals surface area contributed by atoms with E-state index < -0.39 is 29.5 Å². The zero-order chi connectivity index (χ0) is 19.0. The summed E-state index contributed by atoms with van der Waals surface area (Å²) in [7, 11) is 0. The van der Waals surface area contributed by atoms with Crippen molar-refractivity contribution in [2.24, 2.45) is 0 Å². The van der Waals surface area contributed by atoms with Gasteiger partial charge >= 0.3 is 12.4 Å². The van der Waals surface area contributed by atoms with E-state index in [9.17, 15) is 31.1 Å². The smallest absolute Gasteiger partial charge is 0.322 e. The third-order valence-corrected chi connectivity index (χ3v) is 3.42. The van der Waals surface area contributed by atoms with E-state index in [1.165, 1.54) is 26.0 Å². The van der Waals surface area contributed by atoms with Gasteiger partial charge in [-0.25, -0.2) is 4.98 Å². The first-order valence-electron chi connectivity index (χ1n) is 6.93. The normalized spacial score (nSPS) is 12.2. The Balaban J connectivity index is 2.29. The lowest BCUT2D eigenvalue weighted by Gasteiger charge is -2.14. The van der Waals surface area contributed by atoms with Gasteiger partial charge in [0.15, 0.2) is 0 Å². The lowest BCUT2D eigenvalue weighted by Crippen LogP contribution is -2.17. The van der Waals surface area contributed by atoms with Crippen molar-refractivity contribution in [3.05, 3.63) is 58.4 Å². The van der Waals surface area contributed by atoms with Crippen LogP contribution in [0.25, 0.3) is 0 Å². The summed E-state index contributed by atoms with van der Waals surface area (Å²) in [5, 5.41) is 2.24. The van der Waals surface area contributed by atoms with E-state index in [0.717, 1.165) is 12.1 Å². The van der Waals surface area contributed by atoms with E-state index >= 15 is 0 Å². The SMILES string of the molecule is Cc1ccc(NC(=O)c2ccc(C(F)(F)F)nc2C)cc1C(F)(F)F. The van der Waals surface area contributed by atoms with Gasteiger partial charge in [0.2, 0.25) is 0 Å². The second kappa shape index (κ2) is 6.38. The monoisotopic (exact) mass is 362 g/mol. The van der Waals surface area contributed by atoms with Crippen molar-refractivity contribution in [3.8, 4) is 0 Å². The molecule has 0 fully saturated rings. The third-order valence-electron chi connectivity index (χ3n) is 3.42. The van der Waals surface area contributed by atoms with Gasteiger partial charge in [-0.1, -0.05) is 6.07 Å². The average molecular weight is 362 g/mol. The minimum Gasteiger partial charge on any atom is -0.322 e. The molecule has 3 nitrogen and oxygen atoms in total. The predicted molar refractivity (Wildman–Crippen MR) is 78.1 cm³/mol. The van der Waals surface area contributed by atoms with Gasteiger partial charge in [0, 0.05) is 5.69 Å². The highest BCUT2D eigenvalue weighted by molar-refractivity contribution is 6.05. The van der Waals surface area contributed by atoms with Crippen molar-refractivity contribution < 1.29 is 31.1 Å². The summed E-state index contributed by atoms with van der Waals surface area (Å²) in [4.78, 5) is 15.4. The molecule has 25 heavy (non-hydrogen) atoms. The van der Waals surface area contributed by atoms with Gasteiger partial charge in [-0.2, -0.15) is 26.3 Å². The minimum atomic E-state index is -4.65. The number of anilines is 1. The number of aromatic nitrogens is 1. The zero-order valence-corrected chi connectivity index (χ0v) is 13.0. The summed E-state index contributed by atoms with van der Waals surface area (Å²) in [5.41, 5.74) is -2.55. The molecule has 134 valence electrons. The lowest BCUT2D eigenvalue weighted by atomic mass is 10.1. The van der Waals surface area contributed by atoms with Crippen LogP contribution in [-0.4, -0.2) is 10.9 Å². The van der Waals surface area contributed by atoms with Gasteiger partial charge in [0.05, 0.1) is 16.8 Å². The van der Waals surface area contributed by atoms with Gasteiger partial charge in [0.1, 0.15) is 5.69 Å². The zero-order valence-electron chi connectivity index (χ0n) is 13.0. The number of aryl methyl sites for hydroxylation is 2. The number of rotatable bonds is 2. The largest absolute Gasteiger partial charge is 0.433 e. The number of benzene rings is 1. The Kier molecular flexibility index (Phi) is 4.79. The van der Waals surface area contributed by atoms with Crippen LogP contribution in [-0.2, 0) is 12.4 Å². The molecule has 0 atom stereocenters. The maximum atomic E-state index is 12.9. The van der Waals surface area contributed by atoms with Gasteiger partial charge in [0.25, 0.3) is 5.91 Å². The molecule has 1 heterocycles. The molecule has 0 radical (unpaired) electrons. The second-order valence-corrected chi connectivity index (χ2v) is 5.31. The number of carbonyl (C=O) groups excluding carboxylic acids is 1. The average Bonchev–Trinajstić information content (AvgIpc) is 2.46. The molecule has 0 bridgehead atoms. The number of halogens is 6. The number of nitrogens with one attached hydrogen (secondary N) is 1. The summed E-state index contributed by atoms with van der Waals surface area (Å²) in [6.45, 7) is 2.48. The number of alkyl halides is 6. The van der Waals surface area contributed by atoms with E-state index in [0.29, 0.717) is 6.07 Å². The van der Waals surface area contributed by atoms with Crippen LogP contribution >= 0.6 is 0 Å². The number of carbonyl (C=O) groups is 1. The number of hydrogen-bond donors (Lipinski definition) is 1. The van der Waals surface area contributed by atoms with Crippen molar-refractivity contribution >= 4 is 11.6 Å². The highest BCUT2D eigenvalue weighted by Gasteiger charge is 2.34. The topological polar surface area (TPSA) is 42.0 Å². The Morgan fingerprint density at radius 2 is 1.60 bits per heavy atom. The molecule has 9 heteroatoms. The summed E-state index contributed by atoms with van der Waals surface area (Å²) >= 11 is 0. The molecule has 1 N–H and O–H groups in total. The molecule has 0 aliphatic carbocycles. The van der Waals surface area contributed by atoms with Crippen LogP contribution in [0, 0.1) is 13.8 Å². The molecule has 0 aliphatic heterocycles. The number of nitrogens with zero attached hydrogens (tertiary/aromatic N) is 1. The highest BCUT2D eigenvalue weighted by atomic mass is 19.4. The maximum absolute atomic E-state index is 12.9. The Labute approximate surface area is 138 Å². The first kappa shape index (κ1) is 18.8. The van der Waals surface area contributed by atoms with E-state index in [4.69, 9.17) is 0 Å². The Morgan fingerprint density at radius 1 is 0.960 bits per heavy atom. The minimum absolute atomic E-state index is 0.0159. The van der Waals surface area contributed by atoms with Gasteiger partial charge in [-0.3, -0.25) is 4.79 Å². The molecular weight excluding hydrogens is 350 g/mol. The Bertz CT molecular complexity index is 811. The molecule has 0 aliphatic rings. The van der Waals surface area contributed by atoms with Crippen molar-refractivity contribution in [3.63, 3.8) is 0 Å². The number of amides is 1. The quantitative estimate of drug-likeness (QED) is 0.765. The van der Waals surface area contributed by atoms with Crippen LogP contribution in [0.4, 0.5) is 32.0 Å². The van der Waals surface area contributed by atoms with Gasteiger partial charge in [-0.05, 0) is 43.7 Å². The molecule has 2 aromatic rings. The van der Waals surface area contributed by atoms with Crippen molar-refractivity contribution in [2.45, 2.75) is 26.2 Å². The molecule has 1 aromatic carbocycles. The molecule has 0 saturated carbocycles. The highest BCUT2D eigenvalue weighted by Crippen LogP contribution is 2.33. The fourth-order valence-electron chi connectivity index (χ4n) is 2.16. The summed E-state index contributed by atoms with van der Waals surface area (Å²) in [6.07, 6.45) is -9.24. The van der Waals surface area contributed by atoms with Crippen LogP contribution in [0.15, 0.2) is 30.3 Å². The lowest BCUT2D eigenvalue weighted by molar-refractivity contribution is -0.141. The molecule has 1 aromatic heterocycles. The molecule has 0 unspecified atom stereocenters. The Hall–Kier alpha value is -2.58. The summed E-state index contributed by atoms with van der Waals surface area (Å²) in [5.74, 6) is -0.851. The molecule has 2 rings (SSSR count). The fraction of sp³-hybridized carbons (Fsp3) is 0.250. The standard InChI is InChI=1S/C16H12F6N2O/c1-8-3-4-10(7-12(8)15(17,18)19)24-14(25)11-5-6-13(16(20,21)22)23-9(11)2/h3-7H,1-2H3,(H,24,25). The van der Waals surface area contributed by atoms with Crippen LogP contribution in [0.3, 0.4) is 0 Å². The van der Waals surface area contributed by atoms with Crippen molar-refractivity contribution in [1.29, 1.82) is 0 Å². The second-order valence-electron chi connectivity index (χ2n) is 5.31. The fourth-order valence-corrected chi connectivity index (χ4v) is 2.16. The first-order valence-corrected chi connectivity index (χ1v) is 6.93. The maximum Gasteiger partial charge on any atom is 0.433 e. The number of pyridine rings is 1. The number of hydrogen-bond acceptors (Lipinski definition) is 2. The molecule has 0 saturated heterocycles. The Morgan fingerprint density at radius 3 is 2.12 bits per heavy atom. The third kappa shape index (κ3) is 4.28. The molecule has 0 spiro atoms. The molecule has 1 amide bonds. The van der Waals surface area contributed by atoms with E-state index in [1.54, 1.807) is 0 Å². The first-order chi connectivity index (χ1) is 11.4. The van der Waals surface area contributed by atoms with Crippen LogP contribution in [0.2, 0.25) is 0 Å². The van der Waals surface area contributed by atoms with E-state index in [1.807, 2.05) is 0 Å². The van der Waals surface area contributed by atoms with Gasteiger partial charge < -0.3 is 5.32 Å². The summed E-state index contributed by atoms with van der Waals surface area (Å²) < 4.78 is 76.4. The van der Waals surface area contributed by atoms with Gasteiger partial charge in [-0.15, -0.1) is 0 Å². The van der Waals surface area contributed by atoms with Crippen LogP contribution in [0.1, 0.15) is 32.9 Å². The summed E-state index contributed by atoms with van der Waals surface area (Å²) in [6, 6.07) is 4.79. The van der Waals surface area contributed by atoms with E-state index in [2.05, 4.69) is 10.3 Å². The van der Waals surface area contributed by atoms with Crippen molar-refractivity contribution in [1.82, 2.24) is 4.98 Å².